The highest BCUT2D eigenvalue weighted by Gasteiger charge is 2.13. The van der Waals surface area contributed by atoms with Crippen molar-refractivity contribution in [1.29, 1.82) is 0 Å². The molecule has 0 radical (unpaired) electrons. The van der Waals surface area contributed by atoms with Crippen LogP contribution in [0.3, 0.4) is 0 Å². The average Bonchev–Trinajstić information content (AvgIpc) is 3.25. The van der Waals surface area contributed by atoms with Crippen LogP contribution < -0.4 is 20.1 Å². The third-order valence-corrected chi connectivity index (χ3v) is 6.84. The van der Waals surface area contributed by atoms with E-state index in [0.717, 1.165) is 20.3 Å². The first-order valence-corrected chi connectivity index (χ1v) is 11.8. The smallest absolute Gasteiger partial charge is 0.259 e. The van der Waals surface area contributed by atoms with Crippen molar-refractivity contribution in [2.24, 2.45) is 0 Å². The van der Waals surface area contributed by atoms with E-state index in [0.29, 0.717) is 22.7 Å². The molecule has 0 aliphatic rings. The lowest BCUT2D eigenvalue weighted by Crippen LogP contribution is -2.13. The van der Waals surface area contributed by atoms with Gasteiger partial charge in [0.25, 0.3) is 5.91 Å². The summed E-state index contributed by atoms with van der Waals surface area (Å²) in [6, 6.07) is 19.8. The molecule has 0 bridgehead atoms. The van der Waals surface area contributed by atoms with E-state index in [1.54, 1.807) is 55.6 Å². The van der Waals surface area contributed by atoms with E-state index in [-0.39, 0.29) is 17.6 Å². The molecule has 0 saturated carbocycles. The van der Waals surface area contributed by atoms with Crippen LogP contribution in [0.4, 0.5) is 11.4 Å². The number of carbonyl (C=O) groups is 2. The number of ether oxygens (including phenoxy) is 2. The summed E-state index contributed by atoms with van der Waals surface area (Å²) in [5, 5.41) is 5.76. The fourth-order valence-corrected chi connectivity index (χ4v) is 4.98. The fourth-order valence-electron chi connectivity index (χ4n) is 3.07. The Morgan fingerprint density at radius 3 is 2.45 bits per heavy atom. The van der Waals surface area contributed by atoms with Crippen molar-refractivity contribution in [2.45, 2.75) is 4.34 Å². The SMILES string of the molecule is COc1ccc(NC(=O)CSc2nc3ccc(NC(=O)c4ccccc4OC)cc3s2)cc1. The topological polar surface area (TPSA) is 89.5 Å². The van der Waals surface area contributed by atoms with Gasteiger partial charge < -0.3 is 20.1 Å². The number of hydrogen-bond acceptors (Lipinski definition) is 7. The van der Waals surface area contributed by atoms with Crippen molar-refractivity contribution in [2.75, 3.05) is 30.6 Å². The van der Waals surface area contributed by atoms with Gasteiger partial charge in [0.1, 0.15) is 11.5 Å². The number of para-hydroxylation sites is 1. The van der Waals surface area contributed by atoms with Gasteiger partial charge in [-0.05, 0) is 54.6 Å². The molecule has 33 heavy (non-hydrogen) atoms. The first-order valence-electron chi connectivity index (χ1n) is 9.97. The van der Waals surface area contributed by atoms with Gasteiger partial charge in [0.15, 0.2) is 4.34 Å². The molecule has 4 rings (SSSR count). The van der Waals surface area contributed by atoms with Crippen LogP contribution in [0, 0.1) is 0 Å². The molecule has 0 atom stereocenters. The molecule has 3 aromatic carbocycles. The summed E-state index contributed by atoms with van der Waals surface area (Å²) < 4.78 is 12.1. The predicted octanol–water partition coefficient (Wildman–Crippen LogP) is 5.30. The van der Waals surface area contributed by atoms with Crippen molar-refractivity contribution < 1.29 is 19.1 Å². The molecule has 0 spiro atoms. The zero-order chi connectivity index (χ0) is 23.2. The number of nitrogens with zero attached hydrogens (tertiary/aromatic N) is 1. The lowest BCUT2D eigenvalue weighted by molar-refractivity contribution is -0.113. The van der Waals surface area contributed by atoms with Gasteiger partial charge in [-0.2, -0.15) is 0 Å². The second-order valence-corrected chi connectivity index (χ2v) is 9.14. The lowest BCUT2D eigenvalue weighted by atomic mass is 10.2. The molecule has 0 aliphatic carbocycles. The molecule has 1 heterocycles. The van der Waals surface area contributed by atoms with Crippen LogP contribution in [0.1, 0.15) is 10.4 Å². The first-order chi connectivity index (χ1) is 16.1. The third-order valence-electron chi connectivity index (χ3n) is 4.68. The van der Waals surface area contributed by atoms with Crippen LogP contribution >= 0.6 is 23.1 Å². The van der Waals surface area contributed by atoms with E-state index in [1.807, 2.05) is 18.2 Å². The quantitative estimate of drug-likeness (QED) is 0.334. The Labute approximate surface area is 199 Å². The number of hydrogen-bond donors (Lipinski definition) is 2. The van der Waals surface area contributed by atoms with E-state index in [2.05, 4.69) is 15.6 Å². The number of carbonyl (C=O) groups excluding carboxylic acids is 2. The minimum Gasteiger partial charge on any atom is -0.497 e. The van der Waals surface area contributed by atoms with Crippen LogP contribution in [0.2, 0.25) is 0 Å². The minimum atomic E-state index is -0.249. The van der Waals surface area contributed by atoms with Gasteiger partial charge in [0.2, 0.25) is 5.91 Å². The monoisotopic (exact) mass is 479 g/mol. The summed E-state index contributed by atoms with van der Waals surface area (Å²) >= 11 is 2.84. The van der Waals surface area contributed by atoms with Gasteiger partial charge in [-0.25, -0.2) is 4.98 Å². The van der Waals surface area contributed by atoms with Crippen molar-refractivity contribution in [3.05, 3.63) is 72.3 Å². The van der Waals surface area contributed by atoms with Crippen LogP contribution in [-0.2, 0) is 4.79 Å². The number of amides is 2. The van der Waals surface area contributed by atoms with Crippen LogP contribution in [0.5, 0.6) is 11.5 Å². The number of aromatic nitrogens is 1. The Morgan fingerprint density at radius 1 is 0.939 bits per heavy atom. The molecule has 7 nitrogen and oxygen atoms in total. The molecule has 4 aromatic rings. The number of fused-ring (bicyclic) bond motifs is 1. The summed E-state index contributed by atoms with van der Waals surface area (Å²) in [6.07, 6.45) is 0. The molecule has 2 amide bonds. The van der Waals surface area contributed by atoms with Gasteiger partial charge in [0.05, 0.1) is 35.8 Å². The molecule has 168 valence electrons. The highest BCUT2D eigenvalue weighted by Crippen LogP contribution is 2.31. The Morgan fingerprint density at radius 2 is 1.70 bits per heavy atom. The second kappa shape index (κ2) is 10.4. The standard InChI is InChI=1S/C24H21N3O4S2/c1-30-17-10-7-15(8-11-17)25-22(28)14-32-24-27-19-12-9-16(13-21(19)33-24)26-23(29)18-5-3-4-6-20(18)31-2/h3-13H,14H2,1-2H3,(H,25,28)(H,26,29). The number of thioether (sulfide) groups is 1. The van der Waals surface area contributed by atoms with Crippen molar-refractivity contribution in [3.8, 4) is 11.5 Å². The molecule has 0 aliphatic heterocycles. The highest BCUT2D eigenvalue weighted by atomic mass is 32.2. The Bertz CT molecular complexity index is 1290. The van der Waals surface area contributed by atoms with Crippen molar-refractivity contribution >= 4 is 56.5 Å². The molecular formula is C24H21N3O4S2. The molecule has 1 aromatic heterocycles. The molecule has 0 unspecified atom stereocenters. The highest BCUT2D eigenvalue weighted by molar-refractivity contribution is 8.01. The number of nitrogens with one attached hydrogen (secondary N) is 2. The first kappa shape index (κ1) is 22.6. The largest absolute Gasteiger partial charge is 0.497 e. The third kappa shape index (κ3) is 5.63. The number of rotatable bonds is 8. The number of methoxy groups -OCH3 is 2. The van der Waals surface area contributed by atoms with E-state index < -0.39 is 0 Å². The molecular weight excluding hydrogens is 458 g/mol. The summed E-state index contributed by atoms with van der Waals surface area (Å²) in [4.78, 5) is 29.5. The molecule has 2 N–H and O–H groups in total. The Hall–Kier alpha value is -3.56. The summed E-state index contributed by atoms with van der Waals surface area (Å²) in [7, 11) is 3.13. The van der Waals surface area contributed by atoms with E-state index >= 15 is 0 Å². The van der Waals surface area contributed by atoms with E-state index in [4.69, 9.17) is 9.47 Å². The fraction of sp³-hybridized carbons (Fsp3) is 0.125. The van der Waals surface area contributed by atoms with Crippen LogP contribution in [-0.4, -0.2) is 36.8 Å². The molecule has 0 saturated heterocycles. The maximum Gasteiger partial charge on any atom is 0.259 e. The zero-order valence-corrected chi connectivity index (χ0v) is 19.6. The van der Waals surface area contributed by atoms with Gasteiger partial charge in [-0.3, -0.25) is 9.59 Å². The minimum absolute atomic E-state index is 0.116. The lowest BCUT2D eigenvalue weighted by Gasteiger charge is -2.09. The van der Waals surface area contributed by atoms with Gasteiger partial charge in [-0.15, -0.1) is 11.3 Å². The molecule has 0 fully saturated rings. The maximum absolute atomic E-state index is 12.6. The van der Waals surface area contributed by atoms with E-state index in [1.165, 1.54) is 30.2 Å². The second-order valence-electron chi connectivity index (χ2n) is 6.88. The Kier molecular flexibility index (Phi) is 7.11. The van der Waals surface area contributed by atoms with Crippen molar-refractivity contribution in [1.82, 2.24) is 4.98 Å². The zero-order valence-electron chi connectivity index (χ0n) is 18.0. The maximum atomic E-state index is 12.6. The normalized spacial score (nSPS) is 10.6. The van der Waals surface area contributed by atoms with Crippen molar-refractivity contribution in [3.63, 3.8) is 0 Å². The Balaban J connectivity index is 1.38. The van der Waals surface area contributed by atoms with E-state index in [9.17, 15) is 9.59 Å². The predicted molar refractivity (Wildman–Crippen MR) is 133 cm³/mol. The summed E-state index contributed by atoms with van der Waals surface area (Å²) in [5.41, 5.74) is 2.65. The van der Waals surface area contributed by atoms with Crippen LogP contribution in [0.15, 0.2) is 71.1 Å². The average molecular weight is 480 g/mol. The van der Waals surface area contributed by atoms with Gasteiger partial charge >= 0.3 is 0 Å². The summed E-state index contributed by atoms with van der Waals surface area (Å²) in [5.74, 6) is 1.12. The molecule has 9 heteroatoms. The van der Waals surface area contributed by atoms with Crippen LogP contribution in [0.25, 0.3) is 10.2 Å². The summed E-state index contributed by atoms with van der Waals surface area (Å²) in [6.45, 7) is 0. The number of anilines is 2. The van der Waals surface area contributed by atoms with Gasteiger partial charge in [-0.1, -0.05) is 23.9 Å². The number of benzene rings is 3. The number of thiazole rings is 1. The van der Waals surface area contributed by atoms with Gasteiger partial charge in [0, 0.05) is 11.4 Å².